The van der Waals surface area contributed by atoms with Crippen molar-refractivity contribution < 1.29 is 0 Å². The van der Waals surface area contributed by atoms with Gasteiger partial charge in [-0.25, -0.2) is 4.44 Å². The lowest BCUT2D eigenvalue weighted by molar-refractivity contribution is 0.740. The fourth-order valence-electron chi connectivity index (χ4n) is 7.16. The second-order valence-corrected chi connectivity index (χ2v) is 18.5. The third-order valence-electron chi connectivity index (χ3n) is 9.95. The van der Waals surface area contributed by atoms with E-state index in [-0.39, 0.29) is 0 Å². The lowest BCUT2D eigenvalue weighted by atomic mass is 9.94. The van der Waals surface area contributed by atoms with E-state index in [1.54, 1.807) is 0 Å². The van der Waals surface area contributed by atoms with E-state index in [9.17, 15) is 0 Å². The van der Waals surface area contributed by atoms with Crippen LogP contribution in [0.25, 0.3) is 39.0 Å². The molecule has 53 heavy (non-hydrogen) atoms. The molecule has 0 amide bonds. The minimum atomic E-state index is -0.899. The largest absolute Gasteiger partial charge is 0.248 e. The number of nitrogens with zero attached hydrogens (tertiary/aromatic N) is 1. The lowest BCUT2D eigenvalue weighted by Crippen LogP contribution is -2.29. The summed E-state index contributed by atoms with van der Waals surface area (Å²) < 4.78 is 2.69. The van der Waals surface area contributed by atoms with Crippen LogP contribution in [0.5, 0.6) is 0 Å². The molecule has 0 saturated carbocycles. The molecule has 8 rings (SSSR count). The number of allylic oxidation sites excluding steroid dienone is 4. The maximum atomic E-state index is 2.69. The molecule has 3 heteroatoms. The zero-order valence-electron chi connectivity index (χ0n) is 30.3. The molecule has 0 saturated heterocycles. The SMILES string of the molecule is C[C@H]1C=C(c2ccc(P(c3ccc(-c4ccccc4)cc3)N(C)P(c3ccc(-c4ccccc4)cc3)c3ccc(-c4ccccc4)cc3)cc2)C=CC1. The number of hydrogen-bond donors (Lipinski definition) is 0. The Morgan fingerprint density at radius 2 is 0.698 bits per heavy atom. The van der Waals surface area contributed by atoms with E-state index in [1.165, 1.54) is 65.7 Å². The first-order valence-electron chi connectivity index (χ1n) is 18.4. The van der Waals surface area contributed by atoms with Crippen molar-refractivity contribution in [3.8, 4) is 33.4 Å². The van der Waals surface area contributed by atoms with Crippen molar-refractivity contribution in [2.75, 3.05) is 7.05 Å². The van der Waals surface area contributed by atoms with Gasteiger partial charge in [-0.05, 0) is 85.1 Å². The molecule has 0 N–H and O–H groups in total. The minimum absolute atomic E-state index is 0.561. The van der Waals surface area contributed by atoms with E-state index in [4.69, 9.17) is 0 Å². The van der Waals surface area contributed by atoms with Crippen LogP contribution in [-0.4, -0.2) is 11.5 Å². The lowest BCUT2D eigenvalue weighted by Gasteiger charge is -2.36. The molecule has 7 aromatic carbocycles. The quantitative estimate of drug-likeness (QED) is 0.127. The Hall–Kier alpha value is -5.16. The van der Waals surface area contributed by atoms with Crippen LogP contribution in [0.4, 0.5) is 0 Å². The Kier molecular flexibility index (Phi) is 10.7. The van der Waals surface area contributed by atoms with Gasteiger partial charge in [-0.15, -0.1) is 0 Å². The van der Waals surface area contributed by atoms with E-state index < -0.39 is 16.1 Å². The Labute approximate surface area is 317 Å². The number of benzene rings is 7. The molecule has 258 valence electrons. The predicted molar refractivity (Wildman–Crippen MR) is 233 cm³/mol. The highest BCUT2D eigenvalue weighted by atomic mass is 31.2. The molecular weight excluding hydrogens is 677 g/mol. The molecule has 1 aliphatic carbocycles. The molecule has 0 spiro atoms. The van der Waals surface area contributed by atoms with Gasteiger partial charge in [0.2, 0.25) is 0 Å². The van der Waals surface area contributed by atoms with Crippen molar-refractivity contribution in [2.45, 2.75) is 13.3 Å². The highest BCUT2D eigenvalue weighted by Gasteiger charge is 2.29. The van der Waals surface area contributed by atoms with Gasteiger partial charge in [0.25, 0.3) is 0 Å². The van der Waals surface area contributed by atoms with E-state index in [0.717, 1.165) is 6.42 Å². The smallest absolute Gasteiger partial charge is 0.0320 e. The average molecular weight is 720 g/mol. The fraction of sp³-hybridized carbons (Fsp3) is 0.0800. The van der Waals surface area contributed by atoms with Crippen LogP contribution in [0, 0.1) is 5.92 Å². The summed E-state index contributed by atoms with van der Waals surface area (Å²) in [6.07, 6.45) is 8.11. The second kappa shape index (κ2) is 16.2. The average Bonchev–Trinajstić information content (AvgIpc) is 3.23. The summed E-state index contributed by atoms with van der Waals surface area (Å²) in [5, 5.41) is 5.37. The maximum Gasteiger partial charge on any atom is 0.0320 e. The van der Waals surface area contributed by atoms with Gasteiger partial charge in [0.15, 0.2) is 0 Å². The third-order valence-corrected chi connectivity index (χ3v) is 15.3. The number of hydrogen-bond acceptors (Lipinski definition) is 1. The first-order valence-corrected chi connectivity index (χ1v) is 21.0. The normalized spacial score (nSPS) is 14.6. The van der Waals surface area contributed by atoms with Gasteiger partial charge in [0.1, 0.15) is 0 Å². The summed E-state index contributed by atoms with van der Waals surface area (Å²) in [7, 11) is 0.552. The third kappa shape index (κ3) is 7.95. The van der Waals surface area contributed by atoms with Gasteiger partial charge in [-0.1, -0.05) is 213 Å². The summed E-state index contributed by atoms with van der Waals surface area (Å²) in [6, 6.07) is 69.4. The minimum Gasteiger partial charge on any atom is -0.248 e. The van der Waals surface area contributed by atoms with Gasteiger partial charge in [-0.3, -0.25) is 0 Å². The second-order valence-electron chi connectivity index (χ2n) is 13.6. The van der Waals surface area contributed by atoms with Crippen molar-refractivity contribution in [2.24, 2.45) is 5.92 Å². The van der Waals surface area contributed by atoms with Crippen LogP contribution < -0.4 is 21.2 Å². The monoisotopic (exact) mass is 719 g/mol. The molecule has 1 nitrogen and oxygen atoms in total. The summed E-state index contributed by atoms with van der Waals surface area (Å²) in [5.41, 5.74) is 10.0. The highest BCUT2D eigenvalue weighted by molar-refractivity contribution is 7.84. The summed E-state index contributed by atoms with van der Waals surface area (Å²) >= 11 is 0. The first-order chi connectivity index (χ1) is 26.1. The van der Waals surface area contributed by atoms with Crippen LogP contribution in [0.1, 0.15) is 18.9 Å². The molecule has 2 atom stereocenters. The molecule has 1 aliphatic rings. The number of rotatable bonds is 10. The van der Waals surface area contributed by atoms with Gasteiger partial charge in [0.05, 0.1) is 0 Å². The van der Waals surface area contributed by atoms with Crippen molar-refractivity contribution >= 4 is 42.9 Å². The molecule has 7 aromatic rings. The molecule has 0 aliphatic heterocycles. The molecule has 0 fully saturated rings. The fourth-order valence-corrected chi connectivity index (χ4v) is 12.8. The van der Waals surface area contributed by atoms with E-state index in [1.807, 2.05) is 0 Å². The Bertz CT molecular complexity index is 2210. The molecule has 0 radical (unpaired) electrons. The highest BCUT2D eigenvalue weighted by Crippen LogP contribution is 2.53. The standard InChI is InChI=1S/C50H43NP2/c1-38-13-12-20-46(37-38)45-27-35-50(36-28-45)53(49-33-25-44(26-34-49)41-18-10-5-11-19-41)51(2)52(47-29-21-42(22-30-47)39-14-6-3-7-15-39)48-31-23-43(24-32-48)40-16-8-4-9-17-40/h3-12,14-38H,13H2,1-2H3/t38-,53?/m1/s1. The van der Waals surface area contributed by atoms with Crippen LogP contribution in [0.15, 0.2) is 206 Å². The van der Waals surface area contributed by atoms with E-state index in [0.29, 0.717) is 5.92 Å². The van der Waals surface area contributed by atoms with Crippen LogP contribution >= 0.6 is 16.1 Å². The van der Waals surface area contributed by atoms with Gasteiger partial charge < -0.3 is 0 Å². The van der Waals surface area contributed by atoms with E-state index >= 15 is 0 Å². The van der Waals surface area contributed by atoms with Gasteiger partial charge >= 0.3 is 0 Å². The van der Waals surface area contributed by atoms with Gasteiger partial charge in [-0.2, -0.15) is 0 Å². The summed E-state index contributed by atoms with van der Waals surface area (Å²) in [4.78, 5) is 0. The predicted octanol–water partition coefficient (Wildman–Crippen LogP) is 12.0. The van der Waals surface area contributed by atoms with Crippen molar-refractivity contribution in [1.82, 2.24) is 4.44 Å². The van der Waals surface area contributed by atoms with Crippen molar-refractivity contribution in [3.63, 3.8) is 0 Å². The molecule has 0 heterocycles. The molecule has 0 aromatic heterocycles. The Morgan fingerprint density at radius 3 is 1.02 bits per heavy atom. The van der Waals surface area contributed by atoms with Crippen molar-refractivity contribution in [1.29, 1.82) is 0 Å². The van der Waals surface area contributed by atoms with Crippen LogP contribution in [0.2, 0.25) is 0 Å². The van der Waals surface area contributed by atoms with Crippen LogP contribution in [0.3, 0.4) is 0 Å². The topological polar surface area (TPSA) is 3.24 Å². The van der Waals surface area contributed by atoms with Crippen LogP contribution in [-0.2, 0) is 0 Å². The first kappa shape index (κ1) is 34.9. The molecule has 1 unspecified atom stereocenters. The van der Waals surface area contributed by atoms with E-state index in [2.05, 4.69) is 225 Å². The zero-order valence-corrected chi connectivity index (χ0v) is 32.0. The Balaban J connectivity index is 1.22. The summed E-state index contributed by atoms with van der Waals surface area (Å²) in [6.45, 7) is 2.30. The Morgan fingerprint density at radius 1 is 0.396 bits per heavy atom. The summed E-state index contributed by atoms with van der Waals surface area (Å²) in [5.74, 6) is 0.561. The zero-order chi connectivity index (χ0) is 36.0. The van der Waals surface area contributed by atoms with Crippen molar-refractivity contribution in [3.05, 3.63) is 212 Å². The maximum absolute atomic E-state index is 2.69. The molecule has 0 bridgehead atoms. The molecular formula is C50H43NP2. The van der Waals surface area contributed by atoms with Gasteiger partial charge in [0, 0.05) is 16.1 Å².